The first-order valence-corrected chi connectivity index (χ1v) is 4.98. The molecule has 0 aromatic heterocycles. The Morgan fingerprint density at radius 2 is 1.87 bits per heavy atom. The predicted octanol–water partition coefficient (Wildman–Crippen LogP) is 1.26. The molecule has 0 amide bonds. The van der Waals surface area contributed by atoms with Crippen LogP contribution in [0.5, 0.6) is 0 Å². The SMILES string of the molecule is CCCCOC(COC(C)=O)OC(C)=O. The fraction of sp³-hybridized carbons (Fsp3) is 0.800. The van der Waals surface area contributed by atoms with E-state index < -0.39 is 18.2 Å². The third-order valence-electron chi connectivity index (χ3n) is 1.52. The highest BCUT2D eigenvalue weighted by atomic mass is 16.7. The maximum Gasteiger partial charge on any atom is 0.305 e. The van der Waals surface area contributed by atoms with Crippen molar-refractivity contribution >= 4 is 11.9 Å². The number of ether oxygens (including phenoxy) is 3. The maximum absolute atomic E-state index is 10.7. The average molecular weight is 218 g/mol. The smallest absolute Gasteiger partial charge is 0.305 e. The van der Waals surface area contributed by atoms with Crippen molar-refractivity contribution in [2.24, 2.45) is 0 Å². The molecule has 15 heavy (non-hydrogen) atoms. The van der Waals surface area contributed by atoms with Crippen LogP contribution in [0.4, 0.5) is 0 Å². The van der Waals surface area contributed by atoms with Crippen LogP contribution in [0.25, 0.3) is 0 Å². The van der Waals surface area contributed by atoms with Crippen molar-refractivity contribution in [3.05, 3.63) is 0 Å². The Bertz CT molecular complexity index is 202. The van der Waals surface area contributed by atoms with Crippen LogP contribution in [0.2, 0.25) is 0 Å². The number of carbonyl (C=O) groups is 2. The normalized spacial score (nSPS) is 11.9. The molecule has 0 heterocycles. The van der Waals surface area contributed by atoms with Gasteiger partial charge in [0.05, 0.1) is 6.61 Å². The number of esters is 2. The molecule has 0 aliphatic carbocycles. The van der Waals surface area contributed by atoms with Crippen molar-refractivity contribution < 1.29 is 23.8 Å². The fourth-order valence-corrected chi connectivity index (χ4v) is 0.846. The molecule has 0 bridgehead atoms. The summed E-state index contributed by atoms with van der Waals surface area (Å²) in [6.45, 7) is 5.02. The molecule has 0 aliphatic heterocycles. The zero-order chi connectivity index (χ0) is 11.7. The van der Waals surface area contributed by atoms with Gasteiger partial charge in [0, 0.05) is 13.8 Å². The van der Waals surface area contributed by atoms with Gasteiger partial charge in [0.1, 0.15) is 0 Å². The van der Waals surface area contributed by atoms with Gasteiger partial charge in [-0.05, 0) is 6.42 Å². The fourth-order valence-electron chi connectivity index (χ4n) is 0.846. The summed E-state index contributed by atoms with van der Waals surface area (Å²) < 4.78 is 14.7. The van der Waals surface area contributed by atoms with Gasteiger partial charge in [0.25, 0.3) is 0 Å². The molecule has 1 unspecified atom stereocenters. The topological polar surface area (TPSA) is 61.8 Å². The van der Waals surface area contributed by atoms with E-state index in [4.69, 9.17) is 14.2 Å². The summed E-state index contributed by atoms with van der Waals surface area (Å²) in [4.78, 5) is 21.2. The summed E-state index contributed by atoms with van der Waals surface area (Å²) in [5.41, 5.74) is 0. The molecule has 1 atom stereocenters. The molecule has 5 heteroatoms. The zero-order valence-corrected chi connectivity index (χ0v) is 9.45. The lowest BCUT2D eigenvalue weighted by atomic mass is 10.4. The van der Waals surface area contributed by atoms with Crippen LogP contribution >= 0.6 is 0 Å². The Labute approximate surface area is 89.7 Å². The molecule has 0 aliphatic rings. The summed E-state index contributed by atoms with van der Waals surface area (Å²) in [6, 6.07) is 0. The average Bonchev–Trinajstić information content (AvgIpc) is 2.13. The molecular weight excluding hydrogens is 200 g/mol. The summed E-state index contributed by atoms with van der Waals surface area (Å²) in [5.74, 6) is -0.880. The van der Waals surface area contributed by atoms with Gasteiger partial charge in [-0.25, -0.2) is 0 Å². The van der Waals surface area contributed by atoms with E-state index in [2.05, 4.69) is 0 Å². The van der Waals surface area contributed by atoms with Crippen molar-refractivity contribution in [3.63, 3.8) is 0 Å². The van der Waals surface area contributed by atoms with E-state index in [1.54, 1.807) is 0 Å². The molecule has 0 radical (unpaired) electrons. The van der Waals surface area contributed by atoms with Gasteiger partial charge in [0.2, 0.25) is 6.29 Å². The van der Waals surface area contributed by atoms with Gasteiger partial charge >= 0.3 is 11.9 Å². The van der Waals surface area contributed by atoms with Gasteiger partial charge in [-0.1, -0.05) is 13.3 Å². The van der Waals surface area contributed by atoms with E-state index in [1.165, 1.54) is 13.8 Å². The lowest BCUT2D eigenvalue weighted by Crippen LogP contribution is -2.27. The molecule has 0 N–H and O–H groups in total. The molecule has 0 fully saturated rings. The van der Waals surface area contributed by atoms with E-state index in [0.29, 0.717) is 6.61 Å². The highest BCUT2D eigenvalue weighted by Gasteiger charge is 2.13. The van der Waals surface area contributed by atoms with Crippen LogP contribution in [0.15, 0.2) is 0 Å². The second kappa shape index (κ2) is 8.23. The number of rotatable bonds is 7. The Kier molecular flexibility index (Phi) is 7.62. The third kappa shape index (κ3) is 9.21. The molecule has 0 rings (SSSR count). The highest BCUT2D eigenvalue weighted by Crippen LogP contribution is 2.00. The van der Waals surface area contributed by atoms with Crippen LogP contribution in [0, 0.1) is 0 Å². The van der Waals surface area contributed by atoms with Crippen LogP contribution in [-0.2, 0) is 23.8 Å². The van der Waals surface area contributed by atoms with Crippen molar-refractivity contribution in [2.75, 3.05) is 13.2 Å². The lowest BCUT2D eigenvalue weighted by molar-refractivity contribution is -0.192. The Morgan fingerprint density at radius 3 is 2.33 bits per heavy atom. The third-order valence-corrected chi connectivity index (χ3v) is 1.52. The van der Waals surface area contributed by atoms with Crippen molar-refractivity contribution in [1.29, 1.82) is 0 Å². The molecule has 0 saturated carbocycles. The molecular formula is C10H18O5. The second-order valence-electron chi connectivity index (χ2n) is 3.07. The van der Waals surface area contributed by atoms with Gasteiger partial charge in [-0.2, -0.15) is 0 Å². The van der Waals surface area contributed by atoms with Crippen LogP contribution in [-0.4, -0.2) is 31.4 Å². The largest absolute Gasteiger partial charge is 0.459 e. The molecule has 0 spiro atoms. The summed E-state index contributed by atoms with van der Waals surface area (Å²) in [6.07, 6.45) is 1.07. The quantitative estimate of drug-likeness (QED) is 0.365. The number of hydrogen-bond acceptors (Lipinski definition) is 5. The highest BCUT2D eigenvalue weighted by molar-refractivity contribution is 5.66. The molecule has 5 nitrogen and oxygen atoms in total. The van der Waals surface area contributed by atoms with Gasteiger partial charge in [-0.3, -0.25) is 9.59 Å². The monoisotopic (exact) mass is 218 g/mol. The van der Waals surface area contributed by atoms with Crippen LogP contribution < -0.4 is 0 Å². The van der Waals surface area contributed by atoms with Crippen molar-refractivity contribution in [2.45, 2.75) is 39.9 Å². The number of carbonyl (C=O) groups excluding carboxylic acids is 2. The van der Waals surface area contributed by atoms with Crippen molar-refractivity contribution in [1.82, 2.24) is 0 Å². The minimum absolute atomic E-state index is 0.0569. The first-order valence-electron chi connectivity index (χ1n) is 4.98. The molecule has 0 saturated heterocycles. The standard InChI is InChI=1S/C10H18O5/c1-4-5-6-13-10(15-9(3)12)7-14-8(2)11/h10H,4-7H2,1-3H3. The van der Waals surface area contributed by atoms with Gasteiger partial charge < -0.3 is 14.2 Å². The van der Waals surface area contributed by atoms with Crippen molar-refractivity contribution in [3.8, 4) is 0 Å². The van der Waals surface area contributed by atoms with E-state index in [9.17, 15) is 9.59 Å². The molecule has 0 aromatic carbocycles. The molecule has 0 aromatic rings. The predicted molar refractivity (Wildman–Crippen MR) is 53.0 cm³/mol. The Balaban J connectivity index is 3.83. The Morgan fingerprint density at radius 1 is 1.20 bits per heavy atom. The van der Waals surface area contributed by atoms with Gasteiger partial charge in [-0.15, -0.1) is 0 Å². The lowest BCUT2D eigenvalue weighted by Gasteiger charge is -2.16. The summed E-state index contributed by atoms with van der Waals surface area (Å²) >= 11 is 0. The maximum atomic E-state index is 10.7. The van der Waals surface area contributed by atoms with Gasteiger partial charge in [0.15, 0.2) is 6.61 Å². The number of unbranched alkanes of at least 4 members (excludes halogenated alkanes) is 1. The summed E-state index contributed by atoms with van der Waals surface area (Å²) in [7, 11) is 0. The minimum atomic E-state index is -0.794. The van der Waals surface area contributed by atoms with E-state index >= 15 is 0 Å². The number of hydrogen-bond donors (Lipinski definition) is 0. The van der Waals surface area contributed by atoms with Crippen LogP contribution in [0.3, 0.4) is 0 Å². The van der Waals surface area contributed by atoms with E-state index in [0.717, 1.165) is 12.8 Å². The minimum Gasteiger partial charge on any atom is -0.459 e. The second-order valence-corrected chi connectivity index (χ2v) is 3.07. The Hall–Kier alpha value is -1.10. The van der Waals surface area contributed by atoms with E-state index in [-0.39, 0.29) is 6.61 Å². The van der Waals surface area contributed by atoms with E-state index in [1.807, 2.05) is 6.92 Å². The first kappa shape index (κ1) is 13.9. The first-order chi connectivity index (χ1) is 7.06. The summed E-state index contributed by atoms with van der Waals surface area (Å²) in [5, 5.41) is 0. The van der Waals surface area contributed by atoms with Crippen LogP contribution in [0.1, 0.15) is 33.6 Å². The zero-order valence-electron chi connectivity index (χ0n) is 9.45. The molecule has 88 valence electrons.